The number of carboxylic acids is 1. The van der Waals surface area contributed by atoms with E-state index in [9.17, 15) is 9.59 Å². The zero-order chi connectivity index (χ0) is 10.1. The van der Waals surface area contributed by atoms with Crippen molar-refractivity contribution in [3.63, 3.8) is 0 Å². The average Bonchev–Trinajstić information content (AvgIpc) is 2.04. The molecular formula is C9H10N2O3. The normalized spacial score (nSPS) is 16.3. The number of hydrogen-bond donors (Lipinski definition) is 2. The first kappa shape index (κ1) is 8.96. The number of pyridine rings is 1. The summed E-state index contributed by atoms with van der Waals surface area (Å²) in [5.41, 5.74) is -0.592. The van der Waals surface area contributed by atoms with Gasteiger partial charge in [-0.3, -0.25) is 4.79 Å². The quantitative estimate of drug-likeness (QED) is 0.677. The van der Waals surface area contributed by atoms with E-state index in [4.69, 9.17) is 5.11 Å². The number of nitrogens with one attached hydrogen (secondary N) is 1. The van der Waals surface area contributed by atoms with Gasteiger partial charge in [0.2, 0.25) is 0 Å². The largest absolute Gasteiger partial charge is 0.477 e. The lowest BCUT2D eigenvalue weighted by Crippen LogP contribution is -2.47. The summed E-state index contributed by atoms with van der Waals surface area (Å²) >= 11 is 0. The van der Waals surface area contributed by atoms with Crippen molar-refractivity contribution >= 4 is 5.97 Å². The second-order valence-electron chi connectivity index (χ2n) is 3.25. The number of rotatable bonds is 2. The molecule has 2 rings (SSSR count). The van der Waals surface area contributed by atoms with E-state index >= 15 is 0 Å². The van der Waals surface area contributed by atoms with Crippen LogP contribution in [0.5, 0.6) is 0 Å². The molecule has 74 valence electrons. The van der Waals surface area contributed by atoms with Gasteiger partial charge in [0.05, 0.1) is 6.04 Å². The molecule has 1 aliphatic rings. The van der Waals surface area contributed by atoms with Crippen molar-refractivity contribution in [3.05, 3.63) is 34.2 Å². The molecule has 0 bridgehead atoms. The Labute approximate surface area is 80.0 Å². The molecule has 1 saturated heterocycles. The molecule has 0 saturated carbocycles. The van der Waals surface area contributed by atoms with Crippen molar-refractivity contribution in [2.45, 2.75) is 6.04 Å². The number of carboxylic acid groups (broad SMARTS) is 1. The fourth-order valence-electron chi connectivity index (χ4n) is 1.43. The van der Waals surface area contributed by atoms with E-state index in [0.29, 0.717) is 0 Å². The molecule has 0 atom stereocenters. The Kier molecular flexibility index (Phi) is 2.09. The molecule has 0 spiro atoms. The molecule has 0 radical (unpaired) electrons. The molecule has 1 aromatic heterocycles. The van der Waals surface area contributed by atoms with Gasteiger partial charge in [-0.15, -0.1) is 0 Å². The Hall–Kier alpha value is -1.62. The summed E-state index contributed by atoms with van der Waals surface area (Å²) < 4.78 is 1.47. The van der Waals surface area contributed by atoms with Crippen molar-refractivity contribution in [2.75, 3.05) is 13.1 Å². The molecule has 2 N–H and O–H groups in total. The van der Waals surface area contributed by atoms with E-state index in [0.717, 1.165) is 13.1 Å². The maximum Gasteiger partial charge on any atom is 0.341 e. The van der Waals surface area contributed by atoms with Crippen LogP contribution in [0.1, 0.15) is 16.4 Å². The van der Waals surface area contributed by atoms with Crippen LogP contribution in [0.3, 0.4) is 0 Å². The highest BCUT2D eigenvalue weighted by molar-refractivity contribution is 5.86. The molecule has 5 heteroatoms. The molecule has 0 aromatic carbocycles. The summed E-state index contributed by atoms with van der Waals surface area (Å²) in [5.74, 6) is -1.17. The van der Waals surface area contributed by atoms with Crippen molar-refractivity contribution in [3.8, 4) is 0 Å². The molecule has 1 aliphatic heterocycles. The number of aromatic carboxylic acids is 1. The summed E-state index contributed by atoms with van der Waals surface area (Å²) in [7, 11) is 0. The third-order valence-corrected chi connectivity index (χ3v) is 2.36. The third-order valence-electron chi connectivity index (χ3n) is 2.36. The monoisotopic (exact) mass is 194 g/mol. The molecule has 0 unspecified atom stereocenters. The zero-order valence-electron chi connectivity index (χ0n) is 7.43. The summed E-state index contributed by atoms with van der Waals surface area (Å²) in [4.78, 5) is 22.3. The average molecular weight is 194 g/mol. The van der Waals surface area contributed by atoms with Gasteiger partial charge in [-0.1, -0.05) is 0 Å². The molecule has 1 aromatic rings. The van der Waals surface area contributed by atoms with Crippen LogP contribution in [0.25, 0.3) is 0 Å². The van der Waals surface area contributed by atoms with Crippen molar-refractivity contribution in [1.82, 2.24) is 9.88 Å². The van der Waals surface area contributed by atoms with Gasteiger partial charge >= 0.3 is 5.97 Å². The predicted octanol–water partition coefficient (Wildman–Crippen LogP) is -0.309. The predicted molar refractivity (Wildman–Crippen MR) is 49.6 cm³/mol. The fourth-order valence-corrected chi connectivity index (χ4v) is 1.43. The summed E-state index contributed by atoms with van der Waals surface area (Å²) in [5, 5.41) is 11.8. The lowest BCUT2D eigenvalue weighted by atomic mass is 10.1. The van der Waals surface area contributed by atoms with Crippen LogP contribution in [-0.4, -0.2) is 28.7 Å². The minimum atomic E-state index is -1.17. The summed E-state index contributed by atoms with van der Waals surface area (Å²) in [6, 6.07) is 3.01. The van der Waals surface area contributed by atoms with Crippen LogP contribution in [0, 0.1) is 0 Å². The van der Waals surface area contributed by atoms with E-state index < -0.39 is 11.5 Å². The number of hydrogen-bond acceptors (Lipinski definition) is 3. The fraction of sp³-hybridized carbons (Fsp3) is 0.333. The number of carbonyl (C=O) groups is 1. The van der Waals surface area contributed by atoms with Gasteiger partial charge in [-0.2, -0.15) is 0 Å². The van der Waals surface area contributed by atoms with E-state index in [-0.39, 0.29) is 11.6 Å². The summed E-state index contributed by atoms with van der Waals surface area (Å²) in [6.07, 6.45) is 1.63. The second-order valence-corrected chi connectivity index (χ2v) is 3.25. The summed E-state index contributed by atoms with van der Waals surface area (Å²) in [6.45, 7) is 1.45. The first-order valence-corrected chi connectivity index (χ1v) is 4.35. The van der Waals surface area contributed by atoms with Gasteiger partial charge in [0.25, 0.3) is 5.56 Å². The third kappa shape index (κ3) is 1.31. The minimum absolute atomic E-state index is 0.0989. The topological polar surface area (TPSA) is 71.3 Å². The number of aromatic nitrogens is 1. The number of nitrogens with zero attached hydrogens (tertiary/aromatic N) is 1. The highest BCUT2D eigenvalue weighted by Gasteiger charge is 2.21. The first-order valence-electron chi connectivity index (χ1n) is 4.35. The van der Waals surface area contributed by atoms with Crippen LogP contribution in [0.15, 0.2) is 23.1 Å². The van der Waals surface area contributed by atoms with Gasteiger partial charge in [0.1, 0.15) is 5.56 Å². The Bertz CT molecular complexity index is 420. The Morgan fingerprint density at radius 1 is 1.57 bits per heavy atom. The lowest BCUT2D eigenvalue weighted by molar-refractivity contribution is 0.0693. The Morgan fingerprint density at radius 2 is 2.29 bits per heavy atom. The van der Waals surface area contributed by atoms with Crippen LogP contribution in [0.4, 0.5) is 0 Å². The van der Waals surface area contributed by atoms with Crippen LogP contribution in [0.2, 0.25) is 0 Å². The maximum absolute atomic E-state index is 11.6. The van der Waals surface area contributed by atoms with Crippen molar-refractivity contribution < 1.29 is 9.90 Å². The Balaban J connectivity index is 2.46. The van der Waals surface area contributed by atoms with E-state index in [1.165, 1.54) is 10.6 Å². The molecule has 2 heterocycles. The molecular weight excluding hydrogens is 184 g/mol. The molecule has 14 heavy (non-hydrogen) atoms. The van der Waals surface area contributed by atoms with Crippen LogP contribution < -0.4 is 10.9 Å². The molecule has 0 aliphatic carbocycles. The first-order chi connectivity index (χ1) is 6.70. The van der Waals surface area contributed by atoms with E-state index in [1.54, 1.807) is 12.3 Å². The van der Waals surface area contributed by atoms with Gasteiger partial charge in [0.15, 0.2) is 0 Å². The van der Waals surface area contributed by atoms with Gasteiger partial charge in [-0.25, -0.2) is 4.79 Å². The SMILES string of the molecule is O=C(O)c1cccn(C2CNC2)c1=O. The molecule has 1 fully saturated rings. The van der Waals surface area contributed by atoms with Crippen LogP contribution >= 0.6 is 0 Å². The lowest BCUT2D eigenvalue weighted by Gasteiger charge is -2.29. The molecule has 5 nitrogen and oxygen atoms in total. The standard InChI is InChI=1S/C9H10N2O3/c12-8-7(9(13)14)2-1-3-11(8)6-4-10-5-6/h1-3,6,10H,4-5H2,(H,13,14). The smallest absolute Gasteiger partial charge is 0.341 e. The van der Waals surface area contributed by atoms with Crippen molar-refractivity contribution in [1.29, 1.82) is 0 Å². The highest BCUT2D eigenvalue weighted by atomic mass is 16.4. The van der Waals surface area contributed by atoms with Gasteiger partial charge < -0.3 is 15.0 Å². The van der Waals surface area contributed by atoms with Crippen LogP contribution in [-0.2, 0) is 0 Å². The molecule has 0 amide bonds. The van der Waals surface area contributed by atoms with Gasteiger partial charge in [0, 0.05) is 19.3 Å². The minimum Gasteiger partial charge on any atom is -0.477 e. The van der Waals surface area contributed by atoms with Gasteiger partial charge in [-0.05, 0) is 12.1 Å². The maximum atomic E-state index is 11.6. The second kappa shape index (κ2) is 3.26. The zero-order valence-corrected chi connectivity index (χ0v) is 7.43. The van der Waals surface area contributed by atoms with Crippen molar-refractivity contribution in [2.24, 2.45) is 0 Å². The van der Waals surface area contributed by atoms with E-state index in [2.05, 4.69) is 5.32 Å². The highest BCUT2D eigenvalue weighted by Crippen LogP contribution is 2.08. The van der Waals surface area contributed by atoms with E-state index in [1.807, 2.05) is 0 Å². The Morgan fingerprint density at radius 3 is 2.79 bits per heavy atom.